The minimum absolute atomic E-state index is 0.732. The van der Waals surface area contributed by atoms with Crippen molar-refractivity contribution in [1.29, 1.82) is 0 Å². The maximum absolute atomic E-state index is 5.21. The molecule has 0 atom stereocenters. The van der Waals surface area contributed by atoms with Crippen molar-refractivity contribution in [1.82, 2.24) is 0 Å². The van der Waals surface area contributed by atoms with Gasteiger partial charge in [-0.3, -0.25) is 0 Å². The third-order valence-corrected chi connectivity index (χ3v) is 0.964. The van der Waals surface area contributed by atoms with E-state index in [2.05, 4.69) is 4.99 Å². The molecule has 0 fully saturated rings. The first-order valence-corrected chi connectivity index (χ1v) is 2.97. The van der Waals surface area contributed by atoms with E-state index in [9.17, 15) is 0 Å². The Morgan fingerprint density at radius 1 is 1.67 bits per heavy atom. The maximum atomic E-state index is 5.21. The van der Waals surface area contributed by atoms with E-state index in [1.54, 1.807) is 12.2 Å². The van der Waals surface area contributed by atoms with Crippen LogP contribution in [0, 0.1) is 0 Å². The Morgan fingerprint density at radius 2 is 2.33 bits per heavy atom. The van der Waals surface area contributed by atoms with Crippen LogP contribution >= 0.6 is 0 Å². The van der Waals surface area contributed by atoms with E-state index in [0.29, 0.717) is 0 Å². The number of hydrogen-bond acceptors (Lipinski definition) is 1. The van der Waals surface area contributed by atoms with Gasteiger partial charge in [0.15, 0.2) is 0 Å². The first-order chi connectivity index (χ1) is 4.31. The molecule has 1 nitrogen and oxygen atoms in total. The molecule has 0 rings (SSSR count). The Balaban J connectivity index is 3.56. The van der Waals surface area contributed by atoms with Gasteiger partial charge in [-0.05, 0) is 0 Å². The second kappa shape index (κ2) is 5.48. The molecular formula is C7H11BN. The number of allylic oxidation sites excluding steroid dienone is 1. The van der Waals surface area contributed by atoms with E-state index >= 15 is 0 Å². The molecule has 0 aliphatic heterocycles. The second-order valence-corrected chi connectivity index (χ2v) is 1.74. The summed E-state index contributed by atoms with van der Waals surface area (Å²) in [6.45, 7) is 4.58. The summed E-state index contributed by atoms with van der Waals surface area (Å²) >= 11 is 0. The zero-order valence-electron chi connectivity index (χ0n) is 5.96. The predicted octanol–water partition coefficient (Wildman–Crippen LogP) is 0.994. The summed E-state index contributed by atoms with van der Waals surface area (Å²) < 4.78 is 0. The summed E-state index contributed by atoms with van der Waals surface area (Å²) in [6, 6.07) is 0. The molecule has 0 bridgehead atoms. The van der Waals surface area contributed by atoms with Gasteiger partial charge in [0.25, 0.3) is 0 Å². The van der Waals surface area contributed by atoms with E-state index in [0.717, 1.165) is 12.1 Å². The molecule has 1 radical (unpaired) electrons. The molecule has 0 heterocycles. The molecule has 0 unspecified atom stereocenters. The van der Waals surface area contributed by atoms with Crippen LogP contribution in [0.4, 0.5) is 0 Å². The van der Waals surface area contributed by atoms with Gasteiger partial charge in [-0.2, -0.15) is 0 Å². The summed E-state index contributed by atoms with van der Waals surface area (Å²) in [5.74, 6) is 1.57. The van der Waals surface area contributed by atoms with Gasteiger partial charge >= 0.3 is 56.7 Å². The predicted molar refractivity (Wildman–Crippen MR) is 44.6 cm³/mol. The van der Waals surface area contributed by atoms with Crippen molar-refractivity contribution in [3.8, 4) is 0 Å². The van der Waals surface area contributed by atoms with E-state index in [1.807, 2.05) is 19.9 Å². The van der Waals surface area contributed by atoms with Crippen LogP contribution in [0.2, 0.25) is 0 Å². The van der Waals surface area contributed by atoms with Gasteiger partial charge in [-0.25, -0.2) is 0 Å². The Morgan fingerprint density at radius 3 is 2.78 bits per heavy atom. The Hall–Kier alpha value is -0.655. The molecule has 47 valence electrons. The number of hydrogen-bond donors (Lipinski definition) is 0. The monoisotopic (exact) mass is 120 g/mol. The Labute approximate surface area is 57.6 Å². The van der Waals surface area contributed by atoms with Crippen molar-refractivity contribution in [2.24, 2.45) is 4.99 Å². The molecule has 0 aliphatic rings. The van der Waals surface area contributed by atoms with E-state index in [1.165, 1.54) is 0 Å². The third kappa shape index (κ3) is 5.21. The first kappa shape index (κ1) is 8.34. The van der Waals surface area contributed by atoms with E-state index in [-0.39, 0.29) is 0 Å². The van der Waals surface area contributed by atoms with Gasteiger partial charge in [-0.1, -0.05) is 0 Å². The molecule has 0 saturated carbocycles. The van der Waals surface area contributed by atoms with Crippen LogP contribution in [0.3, 0.4) is 0 Å². The second-order valence-electron chi connectivity index (χ2n) is 1.74. The summed E-state index contributed by atoms with van der Waals surface area (Å²) in [5, 5.41) is 0. The van der Waals surface area contributed by atoms with Crippen molar-refractivity contribution in [2.75, 3.05) is 6.54 Å². The van der Waals surface area contributed by atoms with Gasteiger partial charge in [0.1, 0.15) is 0 Å². The minimum atomic E-state index is 0.732. The van der Waals surface area contributed by atoms with Crippen LogP contribution in [0.5, 0.6) is 0 Å². The molecule has 0 aromatic carbocycles. The molecule has 0 aromatic heterocycles. The average Bonchev–Trinajstić information content (AvgIpc) is 1.89. The molecule has 0 saturated heterocycles. The van der Waals surface area contributed by atoms with Crippen molar-refractivity contribution in [3.05, 3.63) is 11.6 Å². The van der Waals surface area contributed by atoms with Crippen molar-refractivity contribution >= 4 is 19.7 Å². The normalized spacial score (nSPS) is 12.3. The quantitative estimate of drug-likeness (QED) is 0.389. The van der Waals surface area contributed by atoms with Gasteiger partial charge in [-0.15, -0.1) is 0 Å². The van der Waals surface area contributed by atoms with Crippen LogP contribution in [-0.2, 0) is 0 Å². The SMILES string of the molecule is [B]=C/C(C)=C\CN=CC. The van der Waals surface area contributed by atoms with Gasteiger partial charge in [0, 0.05) is 0 Å². The summed E-state index contributed by atoms with van der Waals surface area (Å²) in [6.07, 6.45) is 3.75. The topological polar surface area (TPSA) is 12.4 Å². The molecule has 0 spiro atoms. The van der Waals surface area contributed by atoms with Crippen LogP contribution in [0.1, 0.15) is 13.8 Å². The summed E-state index contributed by atoms with van der Waals surface area (Å²) in [4.78, 5) is 3.98. The summed E-state index contributed by atoms with van der Waals surface area (Å²) in [7, 11) is 5.21. The molecule has 0 aliphatic carbocycles. The van der Waals surface area contributed by atoms with Crippen LogP contribution in [0.15, 0.2) is 16.6 Å². The van der Waals surface area contributed by atoms with Crippen LogP contribution < -0.4 is 0 Å². The molecule has 0 aromatic rings. The number of aliphatic imine (C=N–C) groups is 1. The molecule has 0 amide bonds. The van der Waals surface area contributed by atoms with Crippen LogP contribution in [0.25, 0.3) is 0 Å². The van der Waals surface area contributed by atoms with E-state index in [4.69, 9.17) is 7.49 Å². The zero-order valence-corrected chi connectivity index (χ0v) is 5.96. The van der Waals surface area contributed by atoms with Gasteiger partial charge in [0.05, 0.1) is 0 Å². The van der Waals surface area contributed by atoms with Gasteiger partial charge in [0.2, 0.25) is 0 Å². The molecular weight excluding hydrogens is 109 g/mol. The standard InChI is InChI=1S/C7H11BN/c1-3-9-5-4-7(2)6-8/h3-4,6H,5H2,1-2H3/b7-4-,9-3?. The van der Waals surface area contributed by atoms with Crippen LogP contribution in [-0.4, -0.2) is 26.2 Å². The summed E-state index contributed by atoms with van der Waals surface area (Å²) in [5.41, 5.74) is 1.07. The van der Waals surface area contributed by atoms with Crippen molar-refractivity contribution in [3.63, 3.8) is 0 Å². The molecule has 2 heteroatoms. The first-order valence-electron chi connectivity index (χ1n) is 2.97. The Bertz CT molecular complexity index is 136. The number of nitrogens with zero attached hydrogens (tertiary/aromatic N) is 1. The van der Waals surface area contributed by atoms with E-state index < -0.39 is 0 Å². The fourth-order valence-electron chi connectivity index (χ4n) is 0.370. The zero-order chi connectivity index (χ0) is 7.11. The molecule has 0 N–H and O–H groups in total. The van der Waals surface area contributed by atoms with Crippen molar-refractivity contribution in [2.45, 2.75) is 13.8 Å². The fraction of sp³-hybridized carbons (Fsp3) is 0.429. The van der Waals surface area contributed by atoms with Crippen molar-refractivity contribution < 1.29 is 0 Å². The molecule has 9 heavy (non-hydrogen) atoms. The number of rotatable bonds is 3. The fourth-order valence-corrected chi connectivity index (χ4v) is 0.370. The Kier molecular flexibility index (Phi) is 5.08. The average molecular weight is 120 g/mol. The van der Waals surface area contributed by atoms with Gasteiger partial charge < -0.3 is 0 Å². The third-order valence-electron chi connectivity index (χ3n) is 0.964.